The minimum absolute atomic E-state index is 0.142. The van der Waals surface area contributed by atoms with Gasteiger partial charge in [-0.3, -0.25) is 0 Å². The first-order valence-corrected chi connectivity index (χ1v) is 14.3. The number of hydrogen-bond donors (Lipinski definition) is 1. The van der Waals surface area contributed by atoms with Gasteiger partial charge in [-0.05, 0) is 110 Å². The molecule has 4 aliphatic carbocycles. The molecule has 2 nitrogen and oxygen atoms in total. The summed E-state index contributed by atoms with van der Waals surface area (Å²) in [7, 11) is 0. The first-order valence-electron chi connectivity index (χ1n) is 14.3. The summed E-state index contributed by atoms with van der Waals surface area (Å²) in [6, 6.07) is 0. The minimum Gasteiger partial charge on any atom is -0.394 e. The van der Waals surface area contributed by atoms with Gasteiger partial charge in [0.1, 0.15) is 0 Å². The van der Waals surface area contributed by atoms with Crippen molar-refractivity contribution >= 4 is 0 Å². The van der Waals surface area contributed by atoms with E-state index in [0.717, 1.165) is 48.3 Å². The smallest absolute Gasteiger partial charge is 0.0701 e. The molecule has 4 aliphatic rings. The lowest BCUT2D eigenvalue weighted by atomic mass is 9.47. The Morgan fingerprint density at radius 3 is 2.55 bits per heavy atom. The third-order valence-electron chi connectivity index (χ3n) is 11.2. The van der Waals surface area contributed by atoms with Crippen molar-refractivity contribution in [2.24, 2.45) is 52.3 Å². The number of aliphatic hydroxyl groups is 1. The van der Waals surface area contributed by atoms with Crippen LogP contribution >= 0.6 is 0 Å². The number of ether oxygens (including phenoxy) is 1. The van der Waals surface area contributed by atoms with E-state index in [1.165, 1.54) is 44.9 Å². The van der Waals surface area contributed by atoms with E-state index in [2.05, 4.69) is 59.8 Å². The van der Waals surface area contributed by atoms with Crippen molar-refractivity contribution in [2.75, 3.05) is 13.2 Å². The first-order chi connectivity index (χ1) is 15.7. The van der Waals surface area contributed by atoms with Gasteiger partial charge in [0.05, 0.1) is 19.3 Å². The topological polar surface area (TPSA) is 29.5 Å². The van der Waals surface area contributed by atoms with Crippen molar-refractivity contribution in [3.63, 3.8) is 0 Å². The Labute approximate surface area is 204 Å². The van der Waals surface area contributed by atoms with E-state index in [0.29, 0.717) is 29.5 Å². The van der Waals surface area contributed by atoms with E-state index >= 15 is 0 Å². The monoisotopic (exact) mass is 456 g/mol. The standard InChI is InChI=1S/C31H52O2/c1-7-23(21(2)3)9-8-22(4)27-12-13-28-26-11-10-24-20-25(33-19-18-32)14-16-30(24,5)29(26)15-17-31(27,28)6/h8-10,21-23,25-29,32H,7,11-20H2,1-6H3/b9-8+/t22-,23-,25+,26+,27-,28+,29+,30+,31-/m1/s1. The lowest BCUT2D eigenvalue weighted by Crippen LogP contribution is -2.51. The number of allylic oxidation sites excluding steroid dienone is 3. The lowest BCUT2D eigenvalue weighted by Gasteiger charge is -2.58. The fourth-order valence-corrected chi connectivity index (χ4v) is 9.18. The maximum atomic E-state index is 9.16. The van der Waals surface area contributed by atoms with Gasteiger partial charge in [0.15, 0.2) is 0 Å². The number of aliphatic hydroxyl groups excluding tert-OH is 1. The van der Waals surface area contributed by atoms with Crippen LogP contribution in [-0.2, 0) is 4.74 Å². The highest BCUT2D eigenvalue weighted by molar-refractivity contribution is 5.25. The van der Waals surface area contributed by atoms with Gasteiger partial charge in [-0.25, -0.2) is 0 Å². The molecule has 3 fully saturated rings. The van der Waals surface area contributed by atoms with Gasteiger partial charge in [0.2, 0.25) is 0 Å². The van der Waals surface area contributed by atoms with Crippen molar-refractivity contribution < 1.29 is 9.84 Å². The quantitative estimate of drug-likeness (QED) is 0.377. The third kappa shape index (κ3) is 4.65. The van der Waals surface area contributed by atoms with Crippen LogP contribution in [0, 0.1) is 52.3 Å². The summed E-state index contributed by atoms with van der Waals surface area (Å²) in [6.45, 7) is 15.5. The van der Waals surface area contributed by atoms with Gasteiger partial charge < -0.3 is 9.84 Å². The van der Waals surface area contributed by atoms with Gasteiger partial charge in [-0.15, -0.1) is 0 Å². The molecule has 0 saturated heterocycles. The SMILES string of the molecule is CC[C@H](/C=C/[C@@H](C)[C@H]1CC[C@H]2[C@@H]3CC=C4C[C@@H](OCCO)CC[C@]4(C)[C@H]3CC[C@]12C)C(C)C. The third-order valence-corrected chi connectivity index (χ3v) is 11.2. The zero-order valence-electron chi connectivity index (χ0n) is 22.5. The van der Waals surface area contributed by atoms with Crippen molar-refractivity contribution in [1.29, 1.82) is 0 Å². The number of fused-ring (bicyclic) bond motifs is 5. The lowest BCUT2D eigenvalue weighted by molar-refractivity contribution is -0.0633. The molecule has 188 valence electrons. The van der Waals surface area contributed by atoms with Crippen LogP contribution in [0.15, 0.2) is 23.8 Å². The summed E-state index contributed by atoms with van der Waals surface area (Å²) in [5.74, 6) is 5.68. The Morgan fingerprint density at radius 2 is 1.85 bits per heavy atom. The van der Waals surface area contributed by atoms with Crippen LogP contribution < -0.4 is 0 Å². The molecule has 0 radical (unpaired) electrons. The highest BCUT2D eigenvalue weighted by atomic mass is 16.5. The molecule has 0 aromatic heterocycles. The molecule has 0 heterocycles. The normalized spacial score (nSPS) is 42.5. The van der Waals surface area contributed by atoms with Crippen molar-refractivity contribution in [3.05, 3.63) is 23.8 Å². The van der Waals surface area contributed by atoms with E-state index in [9.17, 15) is 0 Å². The van der Waals surface area contributed by atoms with Crippen LogP contribution in [0.1, 0.15) is 99.3 Å². The summed E-state index contributed by atoms with van der Waals surface area (Å²) < 4.78 is 5.95. The molecule has 0 aromatic rings. The van der Waals surface area contributed by atoms with Gasteiger partial charge in [0.25, 0.3) is 0 Å². The fourth-order valence-electron chi connectivity index (χ4n) is 9.18. The highest BCUT2D eigenvalue weighted by Gasteiger charge is 2.59. The Balaban J connectivity index is 1.48. The first kappa shape index (κ1) is 25.5. The summed E-state index contributed by atoms with van der Waals surface area (Å²) in [5, 5.41) is 9.16. The van der Waals surface area contributed by atoms with Crippen LogP contribution in [-0.4, -0.2) is 24.4 Å². The summed E-state index contributed by atoms with van der Waals surface area (Å²) >= 11 is 0. The second-order valence-electron chi connectivity index (χ2n) is 13.0. The fraction of sp³-hybridized carbons (Fsp3) is 0.871. The molecule has 0 bridgehead atoms. The minimum atomic E-state index is 0.142. The van der Waals surface area contributed by atoms with Crippen molar-refractivity contribution in [1.82, 2.24) is 0 Å². The molecule has 0 amide bonds. The average Bonchev–Trinajstić information content (AvgIpc) is 3.15. The van der Waals surface area contributed by atoms with Crippen LogP contribution in [0.5, 0.6) is 0 Å². The molecule has 9 atom stereocenters. The van der Waals surface area contributed by atoms with Crippen LogP contribution in [0.2, 0.25) is 0 Å². The van der Waals surface area contributed by atoms with E-state index in [4.69, 9.17) is 9.84 Å². The number of hydrogen-bond acceptors (Lipinski definition) is 2. The Morgan fingerprint density at radius 1 is 1.06 bits per heavy atom. The number of rotatable bonds is 8. The Bertz CT molecular complexity index is 722. The molecule has 0 aromatic carbocycles. The van der Waals surface area contributed by atoms with Crippen LogP contribution in [0.3, 0.4) is 0 Å². The molecule has 4 rings (SSSR count). The van der Waals surface area contributed by atoms with Crippen LogP contribution in [0.4, 0.5) is 0 Å². The second-order valence-corrected chi connectivity index (χ2v) is 13.0. The van der Waals surface area contributed by atoms with E-state index < -0.39 is 0 Å². The van der Waals surface area contributed by atoms with Crippen LogP contribution in [0.25, 0.3) is 0 Å². The Hall–Kier alpha value is -0.600. The highest BCUT2D eigenvalue weighted by Crippen LogP contribution is 2.67. The maximum Gasteiger partial charge on any atom is 0.0701 e. The second kappa shape index (κ2) is 10.2. The average molecular weight is 457 g/mol. The molecule has 0 spiro atoms. The molecule has 33 heavy (non-hydrogen) atoms. The van der Waals surface area contributed by atoms with Gasteiger partial charge >= 0.3 is 0 Å². The molecule has 0 unspecified atom stereocenters. The molecule has 3 saturated carbocycles. The predicted octanol–water partition coefficient (Wildman–Crippen LogP) is 7.82. The van der Waals surface area contributed by atoms with Gasteiger partial charge in [-0.1, -0.05) is 65.3 Å². The zero-order chi connectivity index (χ0) is 23.8. The van der Waals surface area contributed by atoms with Gasteiger partial charge in [-0.2, -0.15) is 0 Å². The molecular weight excluding hydrogens is 404 g/mol. The molecule has 2 heteroatoms. The van der Waals surface area contributed by atoms with E-state index in [1.807, 2.05) is 0 Å². The maximum absolute atomic E-state index is 9.16. The summed E-state index contributed by atoms with van der Waals surface area (Å²) in [6.07, 6.45) is 19.9. The van der Waals surface area contributed by atoms with Gasteiger partial charge in [0, 0.05) is 0 Å². The predicted molar refractivity (Wildman–Crippen MR) is 139 cm³/mol. The van der Waals surface area contributed by atoms with E-state index in [-0.39, 0.29) is 6.61 Å². The van der Waals surface area contributed by atoms with Crippen molar-refractivity contribution in [2.45, 2.75) is 105 Å². The molecule has 0 aliphatic heterocycles. The van der Waals surface area contributed by atoms with Crippen molar-refractivity contribution in [3.8, 4) is 0 Å². The summed E-state index contributed by atoms with van der Waals surface area (Å²) in [5.41, 5.74) is 2.60. The molecular formula is C31H52O2. The molecule has 1 N–H and O–H groups in total. The summed E-state index contributed by atoms with van der Waals surface area (Å²) in [4.78, 5) is 0. The Kier molecular flexibility index (Phi) is 7.86. The van der Waals surface area contributed by atoms with E-state index in [1.54, 1.807) is 5.57 Å². The zero-order valence-corrected chi connectivity index (χ0v) is 22.5. The largest absolute Gasteiger partial charge is 0.394 e.